The molecule has 0 spiro atoms. The molecule has 4 heterocycles. The Balaban J connectivity index is 1.08. The van der Waals surface area contributed by atoms with Crippen LogP contribution in [-0.4, -0.2) is 30.5 Å². The molecule has 0 N–H and O–H groups in total. The van der Waals surface area contributed by atoms with Crippen LogP contribution in [-0.2, 0) is 0 Å². The van der Waals surface area contributed by atoms with E-state index in [9.17, 15) is 0 Å². The number of aromatic nitrogens is 5. The molecule has 2 aliphatic rings. The topological polar surface area (TPSA) is 72.9 Å². The first kappa shape index (κ1) is 31.7. The van der Waals surface area contributed by atoms with Crippen LogP contribution in [0.1, 0.15) is 11.5 Å². The van der Waals surface area contributed by atoms with Crippen LogP contribution in [0.15, 0.2) is 174 Å². The fraction of sp³-hybridized carbons (Fsp3) is 0.0400. The number of hydrogen-bond acceptors (Lipinski definition) is 6. The maximum atomic E-state index is 6.31. The zero-order valence-electron chi connectivity index (χ0n) is 30.6. The molecule has 0 saturated heterocycles. The Labute approximate surface area is 327 Å². The van der Waals surface area contributed by atoms with Crippen LogP contribution >= 0.6 is 0 Å². The van der Waals surface area contributed by atoms with Crippen molar-refractivity contribution in [2.75, 3.05) is 4.90 Å². The van der Waals surface area contributed by atoms with Gasteiger partial charge in [0, 0.05) is 50.0 Å². The highest BCUT2D eigenvalue weighted by atomic mass is 16.3. The van der Waals surface area contributed by atoms with Crippen molar-refractivity contribution in [2.45, 2.75) is 12.0 Å². The molecular weight excluding hydrogens is 701 g/mol. The van der Waals surface area contributed by atoms with Gasteiger partial charge in [-0.25, -0.2) is 9.97 Å². The van der Waals surface area contributed by atoms with E-state index in [2.05, 4.69) is 131 Å². The molecule has 2 unspecified atom stereocenters. The maximum absolute atomic E-state index is 6.31. The number of para-hydroxylation sites is 3. The van der Waals surface area contributed by atoms with Crippen molar-refractivity contribution in [3.63, 3.8) is 0 Å². The number of rotatable bonds is 5. The number of hydrogen-bond donors (Lipinski definition) is 0. The largest absolute Gasteiger partial charge is 0.456 e. The van der Waals surface area contributed by atoms with Crippen LogP contribution in [0.2, 0.25) is 0 Å². The summed E-state index contributed by atoms with van der Waals surface area (Å²) in [6.45, 7) is 0. The molecule has 10 aromatic rings. The lowest BCUT2D eigenvalue weighted by Crippen LogP contribution is -2.39. The van der Waals surface area contributed by atoms with Crippen LogP contribution in [0.4, 0.5) is 11.6 Å². The van der Waals surface area contributed by atoms with Crippen LogP contribution in [0.3, 0.4) is 0 Å². The van der Waals surface area contributed by atoms with Gasteiger partial charge in [0.2, 0.25) is 5.95 Å². The summed E-state index contributed by atoms with van der Waals surface area (Å²) < 4.78 is 8.59. The Morgan fingerprint density at radius 1 is 0.509 bits per heavy atom. The molecule has 7 heteroatoms. The molecule has 3 aromatic heterocycles. The van der Waals surface area contributed by atoms with Crippen LogP contribution in [0.25, 0.3) is 85.0 Å². The number of nitrogens with zero attached hydrogens (tertiary/aromatic N) is 6. The quantitative estimate of drug-likeness (QED) is 0.176. The summed E-state index contributed by atoms with van der Waals surface area (Å²) in [6, 6.07) is 58.4. The fourth-order valence-electron chi connectivity index (χ4n) is 8.77. The van der Waals surface area contributed by atoms with Crippen molar-refractivity contribution in [1.82, 2.24) is 24.5 Å². The van der Waals surface area contributed by atoms with Crippen LogP contribution in [0.5, 0.6) is 0 Å². The molecule has 0 saturated carbocycles. The van der Waals surface area contributed by atoms with Gasteiger partial charge in [0.1, 0.15) is 17.0 Å². The van der Waals surface area contributed by atoms with Crippen molar-refractivity contribution in [2.24, 2.45) is 0 Å². The average molecular weight is 733 g/mol. The highest BCUT2D eigenvalue weighted by Crippen LogP contribution is 2.47. The molecule has 0 radical (unpaired) electrons. The summed E-state index contributed by atoms with van der Waals surface area (Å²) in [5.74, 6) is 2.76. The van der Waals surface area contributed by atoms with Crippen molar-refractivity contribution in [3.8, 4) is 39.9 Å². The third-order valence-electron chi connectivity index (χ3n) is 11.4. The average Bonchev–Trinajstić information content (AvgIpc) is 3.96. The predicted molar refractivity (Wildman–Crippen MR) is 228 cm³/mol. The van der Waals surface area contributed by atoms with Crippen LogP contribution in [0, 0.1) is 0 Å². The van der Waals surface area contributed by atoms with Gasteiger partial charge in [0.05, 0.1) is 17.1 Å². The van der Waals surface area contributed by atoms with E-state index in [0.717, 1.165) is 77.3 Å². The van der Waals surface area contributed by atoms with Crippen molar-refractivity contribution in [3.05, 3.63) is 186 Å². The molecule has 268 valence electrons. The zero-order valence-corrected chi connectivity index (χ0v) is 30.6. The summed E-state index contributed by atoms with van der Waals surface area (Å²) in [5, 5.41) is 4.42. The van der Waals surface area contributed by atoms with E-state index in [-0.39, 0.29) is 12.0 Å². The highest BCUT2D eigenvalue weighted by molar-refractivity contribution is 6.05. The molecule has 57 heavy (non-hydrogen) atoms. The minimum absolute atomic E-state index is 0.0724. The van der Waals surface area contributed by atoms with E-state index in [0.29, 0.717) is 17.6 Å². The van der Waals surface area contributed by atoms with Crippen molar-refractivity contribution in [1.29, 1.82) is 0 Å². The second-order valence-electron chi connectivity index (χ2n) is 14.6. The Bertz CT molecular complexity index is 3320. The monoisotopic (exact) mass is 732 g/mol. The number of furan rings is 1. The molecular formula is C50H32N6O. The fourth-order valence-corrected chi connectivity index (χ4v) is 8.77. The number of fused-ring (bicyclic) bond motifs is 9. The Morgan fingerprint density at radius 3 is 2.02 bits per heavy atom. The summed E-state index contributed by atoms with van der Waals surface area (Å²) in [7, 11) is 0. The molecule has 0 amide bonds. The first-order valence-corrected chi connectivity index (χ1v) is 19.2. The minimum Gasteiger partial charge on any atom is -0.456 e. The second-order valence-corrected chi connectivity index (χ2v) is 14.6. The normalized spacial score (nSPS) is 15.6. The van der Waals surface area contributed by atoms with Gasteiger partial charge < -0.3 is 9.32 Å². The summed E-state index contributed by atoms with van der Waals surface area (Å²) in [5.41, 5.74) is 9.88. The molecule has 0 bridgehead atoms. The number of imidazole rings is 1. The van der Waals surface area contributed by atoms with Gasteiger partial charge in [0.15, 0.2) is 11.6 Å². The van der Waals surface area contributed by atoms with Gasteiger partial charge >= 0.3 is 0 Å². The third-order valence-corrected chi connectivity index (χ3v) is 11.4. The molecule has 1 aliphatic carbocycles. The second kappa shape index (κ2) is 12.4. The first-order chi connectivity index (χ1) is 28.2. The van der Waals surface area contributed by atoms with E-state index < -0.39 is 0 Å². The SMILES string of the molecule is C1=c2ccc3c(nc(-c4ccccc4)n3-c3ccccc3)c2=CC2C1c1ccccc1N2c1nc(-c2ccccc2)nc(-c2ccc3c(c2)oc2ccccc23)n1. The lowest BCUT2D eigenvalue weighted by atomic mass is 9.89. The molecule has 7 aromatic carbocycles. The van der Waals surface area contributed by atoms with Crippen molar-refractivity contribution < 1.29 is 4.42 Å². The molecule has 2 atom stereocenters. The zero-order chi connectivity index (χ0) is 37.5. The first-order valence-electron chi connectivity index (χ1n) is 19.2. The summed E-state index contributed by atoms with van der Waals surface area (Å²) in [4.78, 5) is 23.3. The maximum Gasteiger partial charge on any atom is 0.234 e. The Morgan fingerprint density at radius 2 is 1.19 bits per heavy atom. The number of benzene rings is 7. The van der Waals surface area contributed by atoms with Gasteiger partial charge in [0.25, 0.3) is 0 Å². The van der Waals surface area contributed by atoms with Gasteiger partial charge in [-0.15, -0.1) is 0 Å². The third kappa shape index (κ3) is 4.99. The van der Waals surface area contributed by atoms with Gasteiger partial charge in [-0.3, -0.25) is 4.57 Å². The van der Waals surface area contributed by atoms with Gasteiger partial charge in [-0.1, -0.05) is 140 Å². The molecule has 0 fully saturated rings. The van der Waals surface area contributed by atoms with E-state index >= 15 is 0 Å². The minimum atomic E-state index is -0.112. The van der Waals surface area contributed by atoms with Gasteiger partial charge in [-0.05, 0) is 53.2 Å². The molecule has 1 aliphatic heterocycles. The standard InChI is InChI=1S/C50H32N6O/c1-4-14-31(15-5-1)47-52-48(34-24-26-38-37-21-11-13-23-44(37)57-45(38)29-34)54-50(53-47)56-41-22-12-10-20-36(41)40-28-33-25-27-42-46(39(33)30-43(40)56)51-49(32-16-6-2-7-17-32)55(42)35-18-8-3-9-19-35/h1-30,40,43H. The van der Waals surface area contributed by atoms with Crippen LogP contribution < -0.4 is 15.3 Å². The lowest BCUT2D eigenvalue weighted by molar-refractivity contribution is 0.669. The van der Waals surface area contributed by atoms with Crippen molar-refractivity contribution >= 4 is 56.8 Å². The molecule has 12 rings (SSSR count). The van der Waals surface area contributed by atoms with E-state index in [1.807, 2.05) is 60.7 Å². The highest BCUT2D eigenvalue weighted by Gasteiger charge is 2.40. The lowest BCUT2D eigenvalue weighted by Gasteiger charge is -2.27. The molecule has 7 nitrogen and oxygen atoms in total. The summed E-state index contributed by atoms with van der Waals surface area (Å²) in [6.07, 6.45) is 4.78. The Kier molecular flexibility index (Phi) is 6.92. The van der Waals surface area contributed by atoms with E-state index in [4.69, 9.17) is 24.4 Å². The summed E-state index contributed by atoms with van der Waals surface area (Å²) >= 11 is 0. The van der Waals surface area contributed by atoms with Gasteiger partial charge in [-0.2, -0.15) is 9.97 Å². The number of anilines is 2. The smallest absolute Gasteiger partial charge is 0.234 e. The van der Waals surface area contributed by atoms with E-state index in [1.54, 1.807) is 0 Å². The van der Waals surface area contributed by atoms with E-state index in [1.165, 1.54) is 5.56 Å². The predicted octanol–water partition coefficient (Wildman–Crippen LogP) is 9.99. The Hall–Kier alpha value is -7.64.